The number of rotatable bonds is 4. The number of hydrogen-bond donors (Lipinski definition) is 1. The Morgan fingerprint density at radius 1 is 1.05 bits per heavy atom. The van der Waals surface area contributed by atoms with Gasteiger partial charge < -0.3 is 9.84 Å². The van der Waals surface area contributed by atoms with Crippen LogP contribution in [0.1, 0.15) is 31.4 Å². The first kappa shape index (κ1) is 14.9. The van der Waals surface area contributed by atoms with Gasteiger partial charge in [0.15, 0.2) is 0 Å². The summed E-state index contributed by atoms with van der Waals surface area (Å²) in [4.78, 5) is 2.53. The van der Waals surface area contributed by atoms with Crippen molar-refractivity contribution in [3.05, 3.63) is 48.0 Å². The molecule has 3 heteroatoms. The lowest BCUT2D eigenvalue weighted by Gasteiger charge is -2.24. The van der Waals surface area contributed by atoms with Gasteiger partial charge in [0.25, 0.3) is 0 Å². The fourth-order valence-corrected chi connectivity index (χ4v) is 3.15. The third kappa shape index (κ3) is 2.95. The Kier molecular flexibility index (Phi) is 4.34. The molecule has 3 nitrogen and oxygen atoms in total. The quantitative estimate of drug-likeness (QED) is 0.917. The monoisotopic (exact) mass is 297 g/mol. The number of nitrogens with zero attached hydrogens (tertiary/aromatic N) is 1. The fourth-order valence-electron chi connectivity index (χ4n) is 3.15. The van der Waals surface area contributed by atoms with Crippen LogP contribution >= 0.6 is 0 Å². The molecule has 22 heavy (non-hydrogen) atoms. The summed E-state index contributed by atoms with van der Waals surface area (Å²) in [5, 5.41) is 10.1. The Hall–Kier alpha value is -2.00. The predicted molar refractivity (Wildman–Crippen MR) is 89.3 cm³/mol. The Bertz CT molecular complexity index is 630. The van der Waals surface area contributed by atoms with Crippen LogP contribution in [0.5, 0.6) is 11.5 Å². The van der Waals surface area contributed by atoms with Crippen molar-refractivity contribution in [3.8, 4) is 22.6 Å². The van der Waals surface area contributed by atoms with Crippen molar-refractivity contribution in [1.29, 1.82) is 0 Å². The first-order chi connectivity index (χ1) is 10.7. The van der Waals surface area contributed by atoms with Gasteiger partial charge in [-0.15, -0.1) is 0 Å². The smallest absolute Gasteiger partial charge is 0.123 e. The van der Waals surface area contributed by atoms with Crippen molar-refractivity contribution in [2.45, 2.75) is 25.8 Å². The van der Waals surface area contributed by atoms with Crippen LogP contribution in [0.25, 0.3) is 11.1 Å². The van der Waals surface area contributed by atoms with E-state index in [1.165, 1.54) is 31.5 Å². The Labute approximate surface area is 132 Å². The van der Waals surface area contributed by atoms with Gasteiger partial charge in [0, 0.05) is 11.6 Å². The fraction of sp³-hybridized carbons (Fsp3) is 0.368. The third-order valence-corrected chi connectivity index (χ3v) is 4.60. The van der Waals surface area contributed by atoms with Crippen LogP contribution in [-0.4, -0.2) is 30.2 Å². The van der Waals surface area contributed by atoms with Crippen LogP contribution in [0.2, 0.25) is 0 Å². The van der Waals surface area contributed by atoms with Gasteiger partial charge in [0.2, 0.25) is 0 Å². The standard InChI is InChI=1S/C19H23NO2/c1-14(20-11-3-4-12-20)15-5-7-16(8-6-15)18-13-17(22-2)9-10-19(18)21/h5-10,13-14,21H,3-4,11-12H2,1-2H3/t14-/m1/s1. The van der Waals surface area contributed by atoms with Gasteiger partial charge in [-0.25, -0.2) is 0 Å². The molecule has 1 aliphatic heterocycles. The minimum Gasteiger partial charge on any atom is -0.507 e. The van der Waals surface area contributed by atoms with E-state index in [9.17, 15) is 5.11 Å². The third-order valence-electron chi connectivity index (χ3n) is 4.60. The van der Waals surface area contributed by atoms with Gasteiger partial charge in [0.05, 0.1) is 7.11 Å². The van der Waals surface area contributed by atoms with Crippen molar-refractivity contribution < 1.29 is 9.84 Å². The molecule has 0 saturated carbocycles. The maximum absolute atomic E-state index is 10.1. The van der Waals surface area contributed by atoms with E-state index in [1.807, 2.05) is 6.07 Å². The van der Waals surface area contributed by atoms with Crippen LogP contribution in [0, 0.1) is 0 Å². The summed E-state index contributed by atoms with van der Waals surface area (Å²) in [5.41, 5.74) is 3.14. The zero-order valence-corrected chi connectivity index (χ0v) is 13.2. The second kappa shape index (κ2) is 6.41. The number of likely N-dealkylation sites (tertiary alicyclic amines) is 1. The number of benzene rings is 2. The van der Waals surface area contributed by atoms with Gasteiger partial charge in [-0.05, 0) is 62.2 Å². The highest BCUT2D eigenvalue weighted by Crippen LogP contribution is 2.34. The molecule has 2 aromatic carbocycles. The second-order valence-electron chi connectivity index (χ2n) is 5.92. The molecular weight excluding hydrogens is 274 g/mol. The van der Waals surface area contributed by atoms with E-state index >= 15 is 0 Å². The number of hydrogen-bond acceptors (Lipinski definition) is 3. The summed E-state index contributed by atoms with van der Waals surface area (Å²) in [5.74, 6) is 1.03. The van der Waals surface area contributed by atoms with E-state index in [-0.39, 0.29) is 5.75 Å². The minimum absolute atomic E-state index is 0.279. The lowest BCUT2D eigenvalue weighted by atomic mass is 10.00. The molecule has 1 fully saturated rings. The van der Waals surface area contributed by atoms with Crippen molar-refractivity contribution in [2.75, 3.05) is 20.2 Å². The molecule has 1 heterocycles. The topological polar surface area (TPSA) is 32.7 Å². The van der Waals surface area contributed by atoms with E-state index in [2.05, 4.69) is 36.1 Å². The molecule has 1 atom stereocenters. The summed E-state index contributed by atoms with van der Waals surface area (Å²) in [7, 11) is 1.64. The highest BCUT2D eigenvalue weighted by molar-refractivity contribution is 5.71. The number of ether oxygens (including phenoxy) is 1. The first-order valence-electron chi connectivity index (χ1n) is 7.90. The molecule has 1 saturated heterocycles. The molecule has 1 aliphatic rings. The molecule has 3 rings (SSSR count). The summed E-state index contributed by atoms with van der Waals surface area (Å²) >= 11 is 0. The van der Waals surface area contributed by atoms with Crippen LogP contribution in [0.3, 0.4) is 0 Å². The molecule has 0 spiro atoms. The lowest BCUT2D eigenvalue weighted by Crippen LogP contribution is -2.23. The van der Waals surface area contributed by atoms with Gasteiger partial charge >= 0.3 is 0 Å². The summed E-state index contributed by atoms with van der Waals surface area (Å²) in [6.45, 7) is 4.66. The molecule has 116 valence electrons. The molecular formula is C19H23NO2. The molecule has 0 bridgehead atoms. The molecule has 0 aromatic heterocycles. The average Bonchev–Trinajstić information content (AvgIpc) is 3.09. The molecule has 2 aromatic rings. The van der Waals surface area contributed by atoms with Crippen molar-refractivity contribution in [3.63, 3.8) is 0 Å². The van der Waals surface area contributed by atoms with Gasteiger partial charge in [-0.1, -0.05) is 24.3 Å². The largest absolute Gasteiger partial charge is 0.507 e. The average molecular weight is 297 g/mol. The van der Waals surface area contributed by atoms with Gasteiger partial charge in [-0.3, -0.25) is 4.90 Å². The number of phenolic OH excluding ortho intramolecular Hbond substituents is 1. The molecule has 0 unspecified atom stereocenters. The highest BCUT2D eigenvalue weighted by atomic mass is 16.5. The van der Waals surface area contributed by atoms with E-state index in [1.54, 1.807) is 19.2 Å². The van der Waals surface area contributed by atoms with Crippen LogP contribution in [-0.2, 0) is 0 Å². The lowest BCUT2D eigenvalue weighted by molar-refractivity contribution is 0.263. The zero-order chi connectivity index (χ0) is 15.5. The van der Waals surface area contributed by atoms with E-state index < -0.39 is 0 Å². The van der Waals surface area contributed by atoms with Crippen LogP contribution < -0.4 is 4.74 Å². The Balaban J connectivity index is 1.84. The van der Waals surface area contributed by atoms with Crippen molar-refractivity contribution in [2.24, 2.45) is 0 Å². The Morgan fingerprint density at radius 2 is 1.73 bits per heavy atom. The number of methoxy groups -OCH3 is 1. The summed E-state index contributed by atoms with van der Waals surface area (Å²) in [6.07, 6.45) is 2.61. The molecule has 0 amide bonds. The normalized spacial score (nSPS) is 16.6. The summed E-state index contributed by atoms with van der Waals surface area (Å²) in [6, 6.07) is 14.3. The molecule has 0 aliphatic carbocycles. The second-order valence-corrected chi connectivity index (χ2v) is 5.92. The zero-order valence-electron chi connectivity index (χ0n) is 13.2. The van der Waals surface area contributed by atoms with Crippen molar-refractivity contribution >= 4 is 0 Å². The van der Waals surface area contributed by atoms with E-state index in [0.29, 0.717) is 6.04 Å². The van der Waals surface area contributed by atoms with Crippen molar-refractivity contribution in [1.82, 2.24) is 4.90 Å². The maximum Gasteiger partial charge on any atom is 0.123 e. The van der Waals surface area contributed by atoms with Gasteiger partial charge in [-0.2, -0.15) is 0 Å². The maximum atomic E-state index is 10.1. The summed E-state index contributed by atoms with van der Waals surface area (Å²) < 4.78 is 5.24. The van der Waals surface area contributed by atoms with Gasteiger partial charge in [0.1, 0.15) is 11.5 Å². The minimum atomic E-state index is 0.279. The van der Waals surface area contributed by atoms with Crippen LogP contribution in [0.4, 0.5) is 0 Å². The highest BCUT2D eigenvalue weighted by Gasteiger charge is 2.19. The molecule has 1 N–H and O–H groups in total. The molecule has 0 radical (unpaired) electrons. The Morgan fingerprint density at radius 3 is 2.36 bits per heavy atom. The predicted octanol–water partition coefficient (Wildman–Crippen LogP) is 4.22. The first-order valence-corrected chi connectivity index (χ1v) is 7.90. The number of phenols is 1. The number of aromatic hydroxyl groups is 1. The van der Waals surface area contributed by atoms with E-state index in [4.69, 9.17) is 4.74 Å². The van der Waals surface area contributed by atoms with E-state index in [0.717, 1.165) is 16.9 Å². The SMILES string of the molecule is COc1ccc(O)c(-c2ccc([C@@H](C)N3CCCC3)cc2)c1. The van der Waals surface area contributed by atoms with Crippen LogP contribution in [0.15, 0.2) is 42.5 Å².